The molecular weight excluding hydrogens is 225 g/mol. The first-order valence-corrected chi connectivity index (χ1v) is 4.11. The number of fused-ring (bicyclic) bond motifs is 1. The zero-order chi connectivity index (χ0) is 8.72. The van der Waals surface area contributed by atoms with Crippen LogP contribution in [0.5, 0.6) is 0 Å². The Morgan fingerprint density at radius 2 is 2.33 bits per heavy atom. The van der Waals surface area contributed by atoms with Gasteiger partial charge in [-0.25, -0.2) is 4.98 Å². The molecule has 0 amide bonds. The van der Waals surface area contributed by atoms with Crippen LogP contribution in [0, 0.1) is 5.95 Å². The third kappa shape index (κ3) is 1.01. The fourth-order valence-electron chi connectivity index (χ4n) is 1.09. The molecule has 5 heteroatoms. The molecule has 0 N–H and O–H groups in total. The molecule has 0 aliphatic heterocycles. The number of nitrogens with zero attached hydrogens (tertiary/aromatic N) is 3. The van der Waals surface area contributed by atoms with E-state index in [0.29, 0.717) is 15.5 Å². The van der Waals surface area contributed by atoms with Crippen molar-refractivity contribution in [3.05, 3.63) is 22.8 Å². The third-order valence-electron chi connectivity index (χ3n) is 1.66. The van der Waals surface area contributed by atoms with E-state index in [-0.39, 0.29) is 0 Å². The lowest BCUT2D eigenvalue weighted by molar-refractivity contribution is 0.562. The average molecular weight is 230 g/mol. The molecule has 0 aliphatic carbocycles. The van der Waals surface area contributed by atoms with Gasteiger partial charge < -0.3 is 0 Å². The number of hydrogen-bond acceptors (Lipinski definition) is 2. The first-order valence-electron chi connectivity index (χ1n) is 3.32. The predicted octanol–water partition coefficient (Wildman–Crippen LogP) is 1.87. The van der Waals surface area contributed by atoms with E-state index in [1.54, 1.807) is 19.3 Å². The van der Waals surface area contributed by atoms with Crippen LogP contribution < -0.4 is 0 Å². The van der Waals surface area contributed by atoms with Gasteiger partial charge in [0, 0.05) is 7.05 Å². The summed E-state index contributed by atoms with van der Waals surface area (Å²) in [6, 6.07) is 1.61. The molecule has 0 radical (unpaired) electrons. The van der Waals surface area contributed by atoms with E-state index >= 15 is 0 Å². The second-order valence-corrected chi connectivity index (χ2v) is 3.25. The smallest absolute Gasteiger partial charge is 0.240 e. The zero-order valence-electron chi connectivity index (χ0n) is 6.25. The average Bonchev–Trinajstić information content (AvgIpc) is 2.28. The summed E-state index contributed by atoms with van der Waals surface area (Å²) in [5.74, 6) is -0.462. The monoisotopic (exact) mass is 229 g/mol. The Morgan fingerprint density at radius 1 is 1.58 bits per heavy atom. The lowest BCUT2D eigenvalue weighted by Crippen LogP contribution is -1.89. The van der Waals surface area contributed by atoms with Crippen LogP contribution in [0.2, 0.25) is 0 Å². The molecule has 0 aliphatic rings. The van der Waals surface area contributed by atoms with Gasteiger partial charge in [-0.05, 0) is 22.0 Å². The summed E-state index contributed by atoms with van der Waals surface area (Å²) >= 11 is 3.16. The molecular formula is C7H5BrFN3. The van der Waals surface area contributed by atoms with Crippen LogP contribution in [-0.4, -0.2) is 14.8 Å². The lowest BCUT2D eigenvalue weighted by Gasteiger charge is -1.91. The number of aromatic nitrogens is 3. The topological polar surface area (TPSA) is 30.7 Å². The number of halogens is 2. The van der Waals surface area contributed by atoms with Crippen molar-refractivity contribution in [1.29, 1.82) is 0 Å². The highest BCUT2D eigenvalue weighted by Gasteiger charge is 2.07. The van der Waals surface area contributed by atoms with E-state index in [4.69, 9.17) is 0 Å². The highest BCUT2D eigenvalue weighted by atomic mass is 79.9. The van der Waals surface area contributed by atoms with Crippen molar-refractivity contribution >= 4 is 26.8 Å². The highest BCUT2D eigenvalue weighted by Crippen LogP contribution is 2.18. The van der Waals surface area contributed by atoms with Crippen LogP contribution in [-0.2, 0) is 7.05 Å². The van der Waals surface area contributed by atoms with Gasteiger partial charge in [0.2, 0.25) is 5.95 Å². The van der Waals surface area contributed by atoms with Crippen molar-refractivity contribution in [2.45, 2.75) is 0 Å². The van der Waals surface area contributed by atoms with E-state index in [1.165, 1.54) is 4.68 Å². The molecule has 0 saturated heterocycles. The Kier molecular flexibility index (Phi) is 1.61. The summed E-state index contributed by atoms with van der Waals surface area (Å²) < 4.78 is 15.1. The van der Waals surface area contributed by atoms with Gasteiger partial charge in [-0.15, -0.1) is 5.10 Å². The quantitative estimate of drug-likeness (QED) is 0.647. The Balaban J connectivity index is 2.90. The largest absolute Gasteiger partial charge is 0.263 e. The van der Waals surface area contributed by atoms with Gasteiger partial charge in [-0.3, -0.25) is 4.68 Å². The van der Waals surface area contributed by atoms with E-state index in [0.717, 1.165) is 0 Å². The fourth-order valence-corrected chi connectivity index (χ4v) is 1.42. The molecule has 2 heterocycles. The summed E-state index contributed by atoms with van der Waals surface area (Å²) in [7, 11) is 1.68. The Bertz CT molecular complexity index is 437. The first-order chi connectivity index (χ1) is 5.68. The summed E-state index contributed by atoms with van der Waals surface area (Å²) in [5, 5.41) is 4.11. The van der Waals surface area contributed by atoms with Gasteiger partial charge in [0.05, 0.1) is 17.1 Å². The molecule has 0 aromatic carbocycles. The molecule has 0 unspecified atom stereocenters. The number of pyridine rings is 1. The van der Waals surface area contributed by atoms with Crippen LogP contribution in [0.4, 0.5) is 4.39 Å². The standard InChI is InChI=1S/C7H5BrFN3/c1-12-5-3-10-6(8)2-4(5)7(9)11-12/h2-3H,1H3. The van der Waals surface area contributed by atoms with E-state index < -0.39 is 5.95 Å². The zero-order valence-corrected chi connectivity index (χ0v) is 7.84. The Morgan fingerprint density at radius 3 is 3.08 bits per heavy atom. The summed E-state index contributed by atoms with van der Waals surface area (Å²) in [6.07, 6.45) is 1.58. The van der Waals surface area contributed by atoms with Crippen molar-refractivity contribution < 1.29 is 4.39 Å². The maximum Gasteiger partial charge on any atom is 0.240 e. The fraction of sp³-hybridized carbons (Fsp3) is 0.143. The van der Waals surface area contributed by atoms with Gasteiger partial charge in [0.15, 0.2) is 0 Å². The molecule has 2 aromatic heterocycles. The normalized spacial score (nSPS) is 10.9. The predicted molar refractivity (Wildman–Crippen MR) is 46.2 cm³/mol. The second kappa shape index (κ2) is 2.52. The van der Waals surface area contributed by atoms with Crippen LogP contribution in [0.1, 0.15) is 0 Å². The first kappa shape index (κ1) is 7.67. The summed E-state index contributed by atoms with van der Waals surface area (Å²) in [5.41, 5.74) is 0.690. The van der Waals surface area contributed by atoms with Crippen LogP contribution in [0.25, 0.3) is 10.9 Å². The second-order valence-electron chi connectivity index (χ2n) is 2.44. The van der Waals surface area contributed by atoms with Crippen molar-refractivity contribution in [3.63, 3.8) is 0 Å². The SMILES string of the molecule is Cn1nc(F)c2cc(Br)ncc21. The van der Waals surface area contributed by atoms with Gasteiger partial charge >= 0.3 is 0 Å². The van der Waals surface area contributed by atoms with Crippen molar-refractivity contribution in [1.82, 2.24) is 14.8 Å². The van der Waals surface area contributed by atoms with Crippen LogP contribution in [0.3, 0.4) is 0 Å². The number of aryl methyl sites for hydroxylation is 1. The van der Waals surface area contributed by atoms with Gasteiger partial charge in [-0.2, -0.15) is 4.39 Å². The number of rotatable bonds is 0. The molecule has 12 heavy (non-hydrogen) atoms. The van der Waals surface area contributed by atoms with E-state index in [9.17, 15) is 4.39 Å². The third-order valence-corrected chi connectivity index (χ3v) is 2.09. The van der Waals surface area contributed by atoms with Gasteiger partial charge in [-0.1, -0.05) is 0 Å². The van der Waals surface area contributed by atoms with Gasteiger partial charge in [0.25, 0.3) is 0 Å². The minimum absolute atomic E-state index is 0.462. The minimum Gasteiger partial charge on any atom is -0.263 e. The number of hydrogen-bond donors (Lipinski definition) is 0. The Hall–Kier alpha value is -0.970. The molecule has 2 rings (SSSR count). The molecule has 0 atom stereocenters. The molecule has 62 valence electrons. The Labute approximate surface area is 76.3 Å². The van der Waals surface area contributed by atoms with E-state index in [2.05, 4.69) is 26.0 Å². The minimum atomic E-state index is -0.462. The van der Waals surface area contributed by atoms with E-state index in [1.807, 2.05) is 0 Å². The summed E-state index contributed by atoms with van der Waals surface area (Å²) in [6.45, 7) is 0. The molecule has 0 bridgehead atoms. The van der Waals surface area contributed by atoms with Crippen LogP contribution in [0.15, 0.2) is 16.9 Å². The molecule has 0 fully saturated rings. The summed E-state index contributed by atoms with van der Waals surface area (Å²) in [4.78, 5) is 3.97. The maximum atomic E-state index is 13.0. The molecule has 2 aromatic rings. The van der Waals surface area contributed by atoms with Crippen LogP contribution >= 0.6 is 15.9 Å². The maximum absolute atomic E-state index is 13.0. The molecule has 0 spiro atoms. The van der Waals surface area contributed by atoms with Crippen molar-refractivity contribution in [3.8, 4) is 0 Å². The lowest BCUT2D eigenvalue weighted by atomic mass is 10.3. The van der Waals surface area contributed by atoms with Crippen molar-refractivity contribution in [2.75, 3.05) is 0 Å². The van der Waals surface area contributed by atoms with Gasteiger partial charge in [0.1, 0.15) is 4.60 Å². The highest BCUT2D eigenvalue weighted by molar-refractivity contribution is 9.10. The molecule has 0 saturated carbocycles. The molecule has 3 nitrogen and oxygen atoms in total. The van der Waals surface area contributed by atoms with Crippen molar-refractivity contribution in [2.24, 2.45) is 7.05 Å².